The van der Waals surface area contributed by atoms with Crippen molar-refractivity contribution in [3.05, 3.63) is 96.5 Å². The maximum atomic E-state index is 11.5. The van der Waals surface area contributed by atoms with Gasteiger partial charge in [-0.25, -0.2) is 9.59 Å². The Kier molecular flexibility index (Phi) is 7.70. The van der Waals surface area contributed by atoms with E-state index in [1.807, 2.05) is 24.3 Å². The van der Waals surface area contributed by atoms with Crippen molar-refractivity contribution < 1.29 is 33.0 Å². The summed E-state index contributed by atoms with van der Waals surface area (Å²) in [7, 11) is 3.01. The molecule has 7 heteroatoms. The standard InChI is InChI=1S/C26H24O7/c1-5-25(27)32-21-11-7-17(15-23(21)29-3)13-19-9-10-20(31-19)14-18-8-12-22(24(16-18)30-4)33-26(28)6-2/h5-12,15-16H,1-2,13-14H2,3-4H3. The van der Waals surface area contributed by atoms with Gasteiger partial charge in [-0.3, -0.25) is 0 Å². The lowest BCUT2D eigenvalue weighted by molar-refractivity contribution is -0.130. The topological polar surface area (TPSA) is 84.2 Å². The molecule has 0 spiro atoms. The molecule has 0 N–H and O–H groups in total. The third-order valence-electron chi connectivity index (χ3n) is 4.68. The van der Waals surface area contributed by atoms with Gasteiger partial charge < -0.3 is 23.4 Å². The van der Waals surface area contributed by atoms with Crippen molar-refractivity contribution in [2.24, 2.45) is 0 Å². The van der Waals surface area contributed by atoms with Crippen molar-refractivity contribution in [3.63, 3.8) is 0 Å². The summed E-state index contributed by atoms with van der Waals surface area (Å²) in [6.45, 7) is 6.78. The average molecular weight is 448 g/mol. The van der Waals surface area contributed by atoms with Gasteiger partial charge in [0, 0.05) is 25.0 Å². The van der Waals surface area contributed by atoms with E-state index in [4.69, 9.17) is 23.4 Å². The molecule has 0 amide bonds. The highest BCUT2D eigenvalue weighted by Crippen LogP contribution is 2.31. The van der Waals surface area contributed by atoms with Crippen LogP contribution in [0.2, 0.25) is 0 Å². The Morgan fingerprint density at radius 2 is 1.15 bits per heavy atom. The molecule has 7 nitrogen and oxygen atoms in total. The Morgan fingerprint density at radius 3 is 1.52 bits per heavy atom. The van der Waals surface area contributed by atoms with E-state index >= 15 is 0 Å². The van der Waals surface area contributed by atoms with E-state index < -0.39 is 11.9 Å². The van der Waals surface area contributed by atoms with Gasteiger partial charge in [0.2, 0.25) is 0 Å². The summed E-state index contributed by atoms with van der Waals surface area (Å²) in [5.41, 5.74) is 1.86. The molecule has 0 fully saturated rings. The fourth-order valence-electron chi connectivity index (χ4n) is 3.13. The third-order valence-corrected chi connectivity index (χ3v) is 4.68. The average Bonchev–Trinajstić information content (AvgIpc) is 3.27. The van der Waals surface area contributed by atoms with Crippen molar-refractivity contribution in [2.45, 2.75) is 12.8 Å². The van der Waals surface area contributed by atoms with Crippen LogP contribution in [0.4, 0.5) is 0 Å². The van der Waals surface area contributed by atoms with Crippen molar-refractivity contribution in [1.29, 1.82) is 0 Å². The van der Waals surface area contributed by atoms with Crippen LogP contribution in [0.5, 0.6) is 23.0 Å². The Morgan fingerprint density at radius 1 is 0.727 bits per heavy atom. The van der Waals surface area contributed by atoms with Crippen LogP contribution >= 0.6 is 0 Å². The summed E-state index contributed by atoms with van der Waals surface area (Å²) in [5, 5.41) is 0. The molecular weight excluding hydrogens is 424 g/mol. The van der Waals surface area contributed by atoms with E-state index in [0.717, 1.165) is 34.8 Å². The third kappa shape index (κ3) is 6.13. The van der Waals surface area contributed by atoms with Crippen LogP contribution in [0.3, 0.4) is 0 Å². The second-order valence-electron chi connectivity index (χ2n) is 6.94. The van der Waals surface area contributed by atoms with E-state index in [9.17, 15) is 9.59 Å². The number of hydrogen-bond acceptors (Lipinski definition) is 7. The Labute approximate surface area is 191 Å². The number of hydrogen-bond donors (Lipinski definition) is 0. The van der Waals surface area contributed by atoms with Crippen LogP contribution in [-0.2, 0) is 22.4 Å². The maximum Gasteiger partial charge on any atom is 0.335 e. The molecule has 33 heavy (non-hydrogen) atoms. The zero-order valence-corrected chi connectivity index (χ0v) is 18.5. The SMILES string of the molecule is C=CC(=O)Oc1ccc(Cc2ccc(Cc3ccc(OC(=O)C=C)c(OC)c3)o2)cc1OC. The van der Waals surface area contributed by atoms with Crippen LogP contribution in [0.15, 0.2) is 78.3 Å². The summed E-state index contributed by atoms with van der Waals surface area (Å²) in [5.74, 6) is 1.96. The van der Waals surface area contributed by atoms with E-state index in [1.54, 1.807) is 24.3 Å². The minimum atomic E-state index is -0.555. The first-order valence-electron chi connectivity index (χ1n) is 10.1. The lowest BCUT2D eigenvalue weighted by atomic mass is 10.1. The number of carbonyl (C=O) groups is 2. The van der Waals surface area contributed by atoms with Crippen molar-refractivity contribution >= 4 is 11.9 Å². The lowest BCUT2D eigenvalue weighted by Gasteiger charge is -2.10. The van der Waals surface area contributed by atoms with Crippen molar-refractivity contribution in [3.8, 4) is 23.0 Å². The molecule has 2 aromatic carbocycles. The smallest absolute Gasteiger partial charge is 0.335 e. The normalized spacial score (nSPS) is 10.2. The maximum absolute atomic E-state index is 11.5. The van der Waals surface area contributed by atoms with Crippen LogP contribution in [-0.4, -0.2) is 26.2 Å². The number of esters is 2. The number of furan rings is 1. The number of carbonyl (C=O) groups excluding carboxylic acids is 2. The summed E-state index contributed by atoms with van der Waals surface area (Å²) in [6.07, 6.45) is 3.25. The summed E-state index contributed by atoms with van der Waals surface area (Å²) in [6, 6.07) is 14.4. The van der Waals surface area contributed by atoms with Crippen LogP contribution < -0.4 is 18.9 Å². The van der Waals surface area contributed by atoms with E-state index in [0.29, 0.717) is 35.8 Å². The van der Waals surface area contributed by atoms with Crippen molar-refractivity contribution in [2.75, 3.05) is 14.2 Å². The van der Waals surface area contributed by atoms with Gasteiger partial charge >= 0.3 is 11.9 Å². The molecular formula is C26H24O7. The van der Waals surface area contributed by atoms with E-state index in [1.165, 1.54) is 14.2 Å². The van der Waals surface area contributed by atoms with Gasteiger partial charge in [0.05, 0.1) is 14.2 Å². The molecule has 0 radical (unpaired) electrons. The quantitative estimate of drug-likeness (QED) is 0.253. The molecule has 0 aliphatic carbocycles. The number of rotatable bonds is 10. The fraction of sp³-hybridized carbons (Fsp3) is 0.154. The Bertz CT molecular complexity index is 1080. The van der Waals surface area contributed by atoms with E-state index in [-0.39, 0.29) is 0 Å². The molecule has 0 atom stereocenters. The molecule has 0 bridgehead atoms. The lowest BCUT2D eigenvalue weighted by Crippen LogP contribution is -2.04. The predicted molar refractivity (Wildman–Crippen MR) is 122 cm³/mol. The molecule has 170 valence electrons. The second-order valence-corrected chi connectivity index (χ2v) is 6.94. The minimum Gasteiger partial charge on any atom is -0.493 e. The minimum absolute atomic E-state index is 0.322. The molecule has 0 aliphatic rings. The van der Waals surface area contributed by atoms with Gasteiger partial charge in [-0.2, -0.15) is 0 Å². The number of ether oxygens (including phenoxy) is 4. The number of benzene rings is 2. The highest BCUT2D eigenvalue weighted by atomic mass is 16.6. The summed E-state index contributed by atoms with van der Waals surface area (Å²) < 4.78 is 27.0. The predicted octanol–water partition coefficient (Wildman–Crippen LogP) is 4.66. The van der Waals surface area contributed by atoms with Gasteiger partial charge in [0.1, 0.15) is 11.5 Å². The zero-order valence-electron chi connectivity index (χ0n) is 18.5. The highest BCUT2D eigenvalue weighted by Gasteiger charge is 2.13. The highest BCUT2D eigenvalue weighted by molar-refractivity contribution is 5.84. The van der Waals surface area contributed by atoms with Gasteiger partial charge in [-0.05, 0) is 47.5 Å². The Hall–Kier alpha value is -4.26. The first-order chi connectivity index (χ1) is 15.9. The van der Waals surface area contributed by atoms with Gasteiger partial charge in [-0.15, -0.1) is 0 Å². The van der Waals surface area contributed by atoms with Gasteiger partial charge in [-0.1, -0.05) is 25.3 Å². The zero-order chi connectivity index (χ0) is 23.8. The number of methoxy groups -OCH3 is 2. The van der Waals surface area contributed by atoms with Crippen LogP contribution in [0, 0.1) is 0 Å². The first-order valence-corrected chi connectivity index (χ1v) is 10.1. The molecule has 1 aromatic heterocycles. The summed E-state index contributed by atoms with van der Waals surface area (Å²) >= 11 is 0. The van der Waals surface area contributed by atoms with Crippen LogP contribution in [0.25, 0.3) is 0 Å². The molecule has 1 heterocycles. The van der Waals surface area contributed by atoms with Gasteiger partial charge in [0.25, 0.3) is 0 Å². The molecule has 0 saturated heterocycles. The van der Waals surface area contributed by atoms with Gasteiger partial charge in [0.15, 0.2) is 23.0 Å². The fourth-order valence-corrected chi connectivity index (χ4v) is 3.13. The monoisotopic (exact) mass is 448 g/mol. The van der Waals surface area contributed by atoms with Crippen molar-refractivity contribution in [1.82, 2.24) is 0 Å². The molecule has 0 aliphatic heterocycles. The Balaban J connectivity index is 1.70. The second kappa shape index (κ2) is 10.9. The first kappa shape index (κ1) is 23.4. The van der Waals surface area contributed by atoms with E-state index in [2.05, 4.69) is 13.2 Å². The van der Waals surface area contributed by atoms with Crippen LogP contribution in [0.1, 0.15) is 22.6 Å². The summed E-state index contributed by atoms with van der Waals surface area (Å²) in [4.78, 5) is 22.9. The molecule has 0 saturated carbocycles. The molecule has 0 unspecified atom stereocenters. The molecule has 3 rings (SSSR count). The molecule has 3 aromatic rings. The largest absolute Gasteiger partial charge is 0.493 e.